The van der Waals surface area contributed by atoms with E-state index in [0.29, 0.717) is 13.0 Å². The first-order chi connectivity index (χ1) is 8.18. The van der Waals surface area contributed by atoms with Crippen molar-refractivity contribution in [2.45, 2.75) is 44.9 Å². The Labute approximate surface area is 102 Å². The van der Waals surface area contributed by atoms with Gasteiger partial charge in [-0.3, -0.25) is 9.59 Å². The van der Waals surface area contributed by atoms with Crippen LogP contribution in [0.5, 0.6) is 0 Å². The maximum absolute atomic E-state index is 11.8. The number of carbonyl (C=O) groups is 2. The molecule has 2 fully saturated rings. The standard InChI is InChI=1S/C13H21NO3/c15-12(14-8-2-3-9-6-7-9)10-4-1-5-11(10)13(16)17/h9-11H,1-8H2,(H,14,15)(H,16,17). The average Bonchev–Trinajstić information content (AvgIpc) is 2.97. The molecular formula is C13H21NO3. The molecule has 2 aliphatic carbocycles. The number of aliphatic carboxylic acids is 1. The highest BCUT2D eigenvalue weighted by atomic mass is 16.4. The molecule has 0 saturated heterocycles. The normalized spacial score (nSPS) is 28.0. The fraction of sp³-hybridized carbons (Fsp3) is 0.846. The van der Waals surface area contributed by atoms with Crippen LogP contribution in [0.15, 0.2) is 0 Å². The lowest BCUT2D eigenvalue weighted by atomic mass is 9.95. The van der Waals surface area contributed by atoms with Crippen LogP contribution in [-0.4, -0.2) is 23.5 Å². The van der Waals surface area contributed by atoms with E-state index in [2.05, 4.69) is 5.32 Å². The molecule has 17 heavy (non-hydrogen) atoms. The van der Waals surface area contributed by atoms with Gasteiger partial charge in [0, 0.05) is 6.54 Å². The number of hydrogen-bond donors (Lipinski definition) is 2. The monoisotopic (exact) mass is 239 g/mol. The third-order valence-electron chi connectivity index (χ3n) is 3.96. The number of carbonyl (C=O) groups excluding carboxylic acids is 1. The van der Waals surface area contributed by atoms with Crippen molar-refractivity contribution < 1.29 is 14.7 Å². The fourth-order valence-corrected chi connectivity index (χ4v) is 2.71. The largest absolute Gasteiger partial charge is 0.481 e. The molecule has 2 saturated carbocycles. The first-order valence-electron chi connectivity index (χ1n) is 6.69. The fourth-order valence-electron chi connectivity index (χ4n) is 2.71. The van der Waals surface area contributed by atoms with E-state index in [1.807, 2.05) is 0 Å². The predicted octanol–water partition coefficient (Wildman–Crippen LogP) is 1.79. The summed E-state index contributed by atoms with van der Waals surface area (Å²) in [6, 6.07) is 0. The van der Waals surface area contributed by atoms with Crippen molar-refractivity contribution in [2.24, 2.45) is 17.8 Å². The molecule has 4 heteroatoms. The van der Waals surface area contributed by atoms with Gasteiger partial charge in [-0.05, 0) is 31.6 Å². The molecule has 0 aromatic heterocycles. The lowest BCUT2D eigenvalue weighted by Crippen LogP contribution is -2.35. The third-order valence-corrected chi connectivity index (χ3v) is 3.96. The zero-order chi connectivity index (χ0) is 12.3. The van der Waals surface area contributed by atoms with Crippen molar-refractivity contribution in [1.82, 2.24) is 5.32 Å². The van der Waals surface area contributed by atoms with Crippen molar-refractivity contribution in [1.29, 1.82) is 0 Å². The first kappa shape index (κ1) is 12.4. The molecule has 96 valence electrons. The van der Waals surface area contributed by atoms with Gasteiger partial charge in [0.2, 0.25) is 5.91 Å². The molecule has 1 amide bonds. The maximum Gasteiger partial charge on any atom is 0.307 e. The molecule has 2 rings (SSSR count). The molecule has 2 unspecified atom stereocenters. The Bertz CT molecular complexity index is 299. The SMILES string of the molecule is O=C(O)C1CCCC1C(=O)NCCCC1CC1. The Morgan fingerprint density at radius 2 is 1.82 bits per heavy atom. The smallest absolute Gasteiger partial charge is 0.307 e. The molecule has 4 nitrogen and oxygen atoms in total. The number of rotatable bonds is 6. The van der Waals surface area contributed by atoms with E-state index in [0.717, 1.165) is 25.2 Å². The van der Waals surface area contributed by atoms with Gasteiger partial charge in [-0.15, -0.1) is 0 Å². The van der Waals surface area contributed by atoms with Crippen LogP contribution in [0, 0.1) is 17.8 Å². The quantitative estimate of drug-likeness (QED) is 0.694. The Hall–Kier alpha value is -1.06. The molecule has 0 bridgehead atoms. The summed E-state index contributed by atoms with van der Waals surface area (Å²) in [5, 5.41) is 11.9. The topological polar surface area (TPSA) is 66.4 Å². The van der Waals surface area contributed by atoms with E-state index in [1.54, 1.807) is 0 Å². The molecule has 0 aromatic rings. The van der Waals surface area contributed by atoms with Crippen LogP contribution in [0.25, 0.3) is 0 Å². The van der Waals surface area contributed by atoms with Gasteiger partial charge >= 0.3 is 5.97 Å². The van der Waals surface area contributed by atoms with Crippen LogP contribution in [0.1, 0.15) is 44.9 Å². The summed E-state index contributed by atoms with van der Waals surface area (Å²) in [5.74, 6) is -0.733. The zero-order valence-corrected chi connectivity index (χ0v) is 10.2. The van der Waals surface area contributed by atoms with E-state index in [1.165, 1.54) is 19.3 Å². The zero-order valence-electron chi connectivity index (χ0n) is 10.2. The summed E-state index contributed by atoms with van der Waals surface area (Å²) in [6.45, 7) is 0.707. The number of hydrogen-bond acceptors (Lipinski definition) is 2. The van der Waals surface area contributed by atoms with E-state index in [4.69, 9.17) is 5.11 Å². The van der Waals surface area contributed by atoms with Crippen LogP contribution in [0.3, 0.4) is 0 Å². The number of carboxylic acid groups (broad SMARTS) is 1. The van der Waals surface area contributed by atoms with Crippen LogP contribution in [0.2, 0.25) is 0 Å². The summed E-state index contributed by atoms with van der Waals surface area (Å²) < 4.78 is 0. The first-order valence-corrected chi connectivity index (χ1v) is 6.69. The van der Waals surface area contributed by atoms with Gasteiger partial charge in [0.15, 0.2) is 0 Å². The second-order valence-electron chi connectivity index (χ2n) is 5.36. The second kappa shape index (κ2) is 5.52. The third kappa shape index (κ3) is 3.45. The summed E-state index contributed by atoms with van der Waals surface area (Å²) in [7, 11) is 0. The molecule has 0 aliphatic heterocycles. The number of amides is 1. The van der Waals surface area contributed by atoms with Crippen LogP contribution < -0.4 is 5.32 Å². The Morgan fingerprint density at radius 3 is 2.47 bits per heavy atom. The lowest BCUT2D eigenvalue weighted by Gasteiger charge is -2.15. The van der Waals surface area contributed by atoms with Gasteiger partial charge in [-0.2, -0.15) is 0 Å². The summed E-state index contributed by atoms with van der Waals surface area (Å²) in [4.78, 5) is 22.8. The van der Waals surface area contributed by atoms with Gasteiger partial charge in [0.05, 0.1) is 11.8 Å². The molecule has 0 aromatic carbocycles. The van der Waals surface area contributed by atoms with E-state index in [-0.39, 0.29) is 11.8 Å². The summed E-state index contributed by atoms with van der Waals surface area (Å²) in [6.07, 6.45) is 7.15. The van der Waals surface area contributed by atoms with Crippen molar-refractivity contribution in [3.8, 4) is 0 Å². The second-order valence-corrected chi connectivity index (χ2v) is 5.36. The highest BCUT2D eigenvalue weighted by Gasteiger charge is 2.37. The number of nitrogens with one attached hydrogen (secondary N) is 1. The van der Waals surface area contributed by atoms with Gasteiger partial charge in [0.25, 0.3) is 0 Å². The maximum atomic E-state index is 11.8. The minimum atomic E-state index is -0.819. The van der Waals surface area contributed by atoms with Gasteiger partial charge in [-0.25, -0.2) is 0 Å². The highest BCUT2D eigenvalue weighted by molar-refractivity contribution is 5.85. The Morgan fingerprint density at radius 1 is 1.12 bits per heavy atom. The minimum absolute atomic E-state index is 0.0503. The van der Waals surface area contributed by atoms with E-state index >= 15 is 0 Å². The molecular weight excluding hydrogens is 218 g/mol. The molecule has 2 N–H and O–H groups in total. The van der Waals surface area contributed by atoms with Gasteiger partial charge in [-0.1, -0.05) is 19.3 Å². The van der Waals surface area contributed by atoms with Gasteiger partial charge < -0.3 is 10.4 Å². The minimum Gasteiger partial charge on any atom is -0.481 e. The van der Waals surface area contributed by atoms with Crippen molar-refractivity contribution in [2.75, 3.05) is 6.54 Å². The van der Waals surface area contributed by atoms with Crippen LogP contribution >= 0.6 is 0 Å². The molecule has 2 atom stereocenters. The Kier molecular flexibility index (Phi) is 4.02. The Balaban J connectivity index is 1.68. The average molecular weight is 239 g/mol. The number of carboxylic acids is 1. The van der Waals surface area contributed by atoms with E-state index in [9.17, 15) is 9.59 Å². The van der Waals surface area contributed by atoms with Crippen molar-refractivity contribution >= 4 is 11.9 Å². The predicted molar refractivity (Wildman–Crippen MR) is 63.4 cm³/mol. The van der Waals surface area contributed by atoms with Crippen molar-refractivity contribution in [3.05, 3.63) is 0 Å². The highest BCUT2D eigenvalue weighted by Crippen LogP contribution is 2.33. The summed E-state index contributed by atoms with van der Waals surface area (Å²) >= 11 is 0. The van der Waals surface area contributed by atoms with Crippen molar-refractivity contribution in [3.63, 3.8) is 0 Å². The molecule has 0 heterocycles. The summed E-state index contributed by atoms with van der Waals surface area (Å²) in [5.41, 5.74) is 0. The molecule has 0 spiro atoms. The van der Waals surface area contributed by atoms with Crippen LogP contribution in [0.4, 0.5) is 0 Å². The van der Waals surface area contributed by atoms with Gasteiger partial charge in [0.1, 0.15) is 0 Å². The lowest BCUT2D eigenvalue weighted by molar-refractivity contribution is -0.146. The van der Waals surface area contributed by atoms with E-state index < -0.39 is 11.9 Å². The molecule has 0 radical (unpaired) electrons. The van der Waals surface area contributed by atoms with Crippen LogP contribution in [-0.2, 0) is 9.59 Å². The molecule has 2 aliphatic rings.